The minimum absolute atomic E-state index is 0.0607. The number of nitrogens with zero attached hydrogens (tertiary/aromatic N) is 1. The number of aliphatic carboxylic acids is 1. The number of hydrogen-bond acceptors (Lipinski definition) is 6. The summed E-state index contributed by atoms with van der Waals surface area (Å²) in [4.78, 5) is 33.8. The third-order valence-electron chi connectivity index (χ3n) is 2.71. The van der Waals surface area contributed by atoms with Crippen molar-refractivity contribution in [2.75, 3.05) is 18.1 Å². The van der Waals surface area contributed by atoms with E-state index in [9.17, 15) is 27.6 Å². The number of aromatic nitrogens is 1. The molecule has 0 saturated heterocycles. The topological polar surface area (TPSA) is 114 Å². The van der Waals surface area contributed by atoms with Crippen LogP contribution in [0.15, 0.2) is 23.1 Å². The molecule has 1 rings (SSSR count). The van der Waals surface area contributed by atoms with Crippen LogP contribution in [0.3, 0.4) is 0 Å². The van der Waals surface area contributed by atoms with Gasteiger partial charge in [-0.1, -0.05) is 21.6 Å². The molecule has 1 aromatic rings. The van der Waals surface area contributed by atoms with Gasteiger partial charge in [0.05, 0.1) is 5.56 Å². The van der Waals surface area contributed by atoms with Gasteiger partial charge in [0.15, 0.2) is 0 Å². The van der Waals surface area contributed by atoms with Gasteiger partial charge in [-0.25, -0.2) is 0 Å². The summed E-state index contributed by atoms with van der Waals surface area (Å²) < 4.78 is 37.5. The molecule has 1 aromatic heterocycles. The van der Waals surface area contributed by atoms with Crippen LogP contribution in [-0.4, -0.2) is 51.8 Å². The van der Waals surface area contributed by atoms with E-state index >= 15 is 0 Å². The van der Waals surface area contributed by atoms with Crippen LogP contribution in [0.25, 0.3) is 0 Å². The molecule has 1 atom stereocenters. The highest BCUT2D eigenvalue weighted by molar-refractivity contribution is 8.76. The first-order valence-corrected chi connectivity index (χ1v) is 9.37. The molecule has 0 radical (unpaired) electrons. The first kappa shape index (κ1) is 21.4. The summed E-state index contributed by atoms with van der Waals surface area (Å²) in [5.41, 5.74) is 4.40. The van der Waals surface area contributed by atoms with Crippen LogP contribution in [0.4, 0.5) is 13.2 Å². The van der Waals surface area contributed by atoms with Gasteiger partial charge in [0, 0.05) is 30.3 Å². The molecule has 4 N–H and O–H groups in total. The molecule has 0 unspecified atom stereocenters. The maximum absolute atomic E-state index is 12.4. The molecule has 140 valence electrons. The molecule has 1 amide bonds. The first-order valence-electron chi connectivity index (χ1n) is 6.88. The Labute approximate surface area is 148 Å². The van der Waals surface area contributed by atoms with Crippen LogP contribution in [0, 0.1) is 0 Å². The second-order valence-electron chi connectivity index (χ2n) is 4.81. The Morgan fingerprint density at radius 1 is 1.32 bits per heavy atom. The van der Waals surface area contributed by atoms with Gasteiger partial charge in [-0.2, -0.15) is 13.2 Å². The Balaban J connectivity index is 2.44. The van der Waals surface area contributed by atoms with Crippen LogP contribution >= 0.6 is 21.6 Å². The number of amides is 1. The number of pyridine rings is 1. The summed E-state index contributed by atoms with van der Waals surface area (Å²) in [6.45, 7) is -1.25. The van der Waals surface area contributed by atoms with E-state index in [0.29, 0.717) is 10.3 Å². The molecular weight excluding hydrogens is 383 g/mol. The summed E-state index contributed by atoms with van der Waals surface area (Å²) in [5.74, 6) is -1.06. The lowest BCUT2D eigenvalue weighted by Gasteiger charge is -2.11. The fourth-order valence-electron chi connectivity index (χ4n) is 1.54. The third-order valence-corrected chi connectivity index (χ3v) is 5.16. The largest absolute Gasteiger partial charge is 0.480 e. The second kappa shape index (κ2) is 9.73. The Morgan fingerprint density at radius 2 is 2.00 bits per heavy atom. The van der Waals surface area contributed by atoms with E-state index in [1.54, 1.807) is 0 Å². The molecule has 0 aromatic carbocycles. The van der Waals surface area contributed by atoms with Gasteiger partial charge < -0.3 is 20.7 Å². The molecule has 1 heterocycles. The Kier molecular flexibility index (Phi) is 8.32. The maximum atomic E-state index is 12.4. The van der Waals surface area contributed by atoms with Crippen molar-refractivity contribution in [1.29, 1.82) is 0 Å². The van der Waals surface area contributed by atoms with Crippen LogP contribution in [-0.2, 0) is 11.3 Å². The fraction of sp³-hybridized carbons (Fsp3) is 0.462. The van der Waals surface area contributed by atoms with E-state index in [1.807, 2.05) is 0 Å². The predicted octanol–water partition coefficient (Wildman–Crippen LogP) is 0.934. The number of hydrogen-bond donors (Lipinski definition) is 3. The summed E-state index contributed by atoms with van der Waals surface area (Å²) in [5, 5.41) is 11.1. The van der Waals surface area contributed by atoms with Crippen molar-refractivity contribution < 1.29 is 27.9 Å². The molecule has 25 heavy (non-hydrogen) atoms. The molecule has 7 nitrogen and oxygen atoms in total. The van der Waals surface area contributed by atoms with Crippen molar-refractivity contribution in [3.8, 4) is 0 Å². The summed E-state index contributed by atoms with van der Waals surface area (Å²) in [6, 6.07) is 1.08. The molecule has 0 aliphatic carbocycles. The van der Waals surface area contributed by atoms with Crippen molar-refractivity contribution in [1.82, 2.24) is 9.88 Å². The quantitative estimate of drug-likeness (QED) is 0.418. The average molecular weight is 399 g/mol. The number of nitrogens with two attached hydrogens (primary N) is 1. The normalized spacial score (nSPS) is 12.6. The Hall–Kier alpha value is -1.66. The standard InChI is InChI=1S/C13H16F3N3O4S2/c14-13(15,16)7-19-5-8(1-2-10(19)20)11(21)18-3-4-24-25-6-9(17)12(22)23/h1-2,5,9H,3-4,6-7,17H2,(H,18,21)(H,22,23)/t9-/m0/s1. The van der Waals surface area contributed by atoms with E-state index in [0.717, 1.165) is 18.3 Å². The number of alkyl halides is 3. The van der Waals surface area contributed by atoms with Crippen molar-refractivity contribution in [3.05, 3.63) is 34.2 Å². The van der Waals surface area contributed by atoms with Crippen molar-refractivity contribution in [2.45, 2.75) is 18.8 Å². The van der Waals surface area contributed by atoms with Gasteiger partial charge >= 0.3 is 12.1 Å². The minimum Gasteiger partial charge on any atom is -0.480 e. The summed E-state index contributed by atoms with van der Waals surface area (Å²) in [6.07, 6.45) is -3.71. The zero-order valence-corrected chi connectivity index (χ0v) is 14.4. The molecule has 0 aliphatic heterocycles. The smallest absolute Gasteiger partial charge is 0.406 e. The van der Waals surface area contributed by atoms with Crippen molar-refractivity contribution >= 4 is 33.5 Å². The predicted molar refractivity (Wildman–Crippen MR) is 89.6 cm³/mol. The lowest BCUT2D eigenvalue weighted by atomic mass is 10.2. The van der Waals surface area contributed by atoms with Crippen molar-refractivity contribution in [2.24, 2.45) is 5.73 Å². The third kappa shape index (κ3) is 8.31. The monoisotopic (exact) mass is 399 g/mol. The molecule has 0 bridgehead atoms. The zero-order valence-electron chi connectivity index (χ0n) is 12.8. The highest BCUT2D eigenvalue weighted by Crippen LogP contribution is 2.20. The molecule has 12 heteroatoms. The van der Waals surface area contributed by atoms with Crippen LogP contribution < -0.4 is 16.6 Å². The number of nitrogens with one attached hydrogen (secondary N) is 1. The van der Waals surface area contributed by atoms with Crippen LogP contribution in [0.2, 0.25) is 0 Å². The van der Waals surface area contributed by atoms with Crippen LogP contribution in [0.5, 0.6) is 0 Å². The van der Waals surface area contributed by atoms with Gasteiger partial charge in [-0.3, -0.25) is 14.4 Å². The summed E-state index contributed by atoms with van der Waals surface area (Å²) in [7, 11) is 2.54. The molecule has 0 aliphatic rings. The molecule has 0 fully saturated rings. The molecular formula is C13H16F3N3O4S2. The minimum atomic E-state index is -4.57. The van der Waals surface area contributed by atoms with Gasteiger partial charge in [0.25, 0.3) is 11.5 Å². The summed E-state index contributed by atoms with van der Waals surface area (Å²) >= 11 is 0. The molecule has 0 spiro atoms. The van der Waals surface area contributed by atoms with Crippen molar-refractivity contribution in [3.63, 3.8) is 0 Å². The Morgan fingerprint density at radius 3 is 2.60 bits per heavy atom. The highest BCUT2D eigenvalue weighted by Gasteiger charge is 2.28. The number of carboxylic acid groups (broad SMARTS) is 1. The van der Waals surface area contributed by atoms with E-state index < -0.39 is 36.2 Å². The van der Waals surface area contributed by atoms with E-state index in [4.69, 9.17) is 10.8 Å². The average Bonchev–Trinajstić information content (AvgIpc) is 2.50. The van der Waals surface area contributed by atoms with E-state index in [-0.39, 0.29) is 17.9 Å². The van der Waals surface area contributed by atoms with E-state index in [2.05, 4.69) is 5.32 Å². The fourth-order valence-corrected chi connectivity index (χ4v) is 3.56. The molecule has 0 saturated carbocycles. The van der Waals surface area contributed by atoms with Gasteiger partial charge in [-0.05, 0) is 6.07 Å². The number of carbonyl (C=O) groups excluding carboxylic acids is 1. The Bertz CT molecular complexity index is 667. The second-order valence-corrected chi connectivity index (χ2v) is 7.43. The van der Waals surface area contributed by atoms with E-state index in [1.165, 1.54) is 21.6 Å². The zero-order chi connectivity index (χ0) is 19.0. The highest BCUT2D eigenvalue weighted by atomic mass is 33.1. The first-order chi connectivity index (χ1) is 11.6. The van der Waals surface area contributed by atoms with Gasteiger partial charge in [-0.15, -0.1) is 0 Å². The SMILES string of the molecule is N[C@@H](CSSCCNC(=O)c1ccc(=O)n(CC(F)(F)F)c1)C(=O)O. The maximum Gasteiger partial charge on any atom is 0.406 e. The van der Waals surface area contributed by atoms with Gasteiger partial charge in [0.2, 0.25) is 0 Å². The lowest BCUT2D eigenvalue weighted by molar-refractivity contribution is -0.141. The number of halogens is 3. The van der Waals surface area contributed by atoms with Gasteiger partial charge in [0.1, 0.15) is 12.6 Å². The number of rotatable bonds is 9. The number of carbonyl (C=O) groups is 2. The lowest BCUT2D eigenvalue weighted by Crippen LogP contribution is -2.32. The van der Waals surface area contributed by atoms with Crippen LogP contribution in [0.1, 0.15) is 10.4 Å². The number of carboxylic acids is 1.